The molecule has 1 aliphatic heterocycles. The third-order valence-corrected chi connectivity index (χ3v) is 5.17. The second-order valence-corrected chi connectivity index (χ2v) is 7.26. The van der Waals surface area contributed by atoms with Crippen molar-refractivity contribution in [1.82, 2.24) is 5.32 Å². The molecule has 7 heteroatoms. The zero-order chi connectivity index (χ0) is 14.8. The minimum absolute atomic E-state index is 0.103. The van der Waals surface area contributed by atoms with Gasteiger partial charge < -0.3 is 16.4 Å². The quantitative estimate of drug-likeness (QED) is 0.710. The van der Waals surface area contributed by atoms with E-state index in [0.29, 0.717) is 24.1 Å². The third-order valence-electron chi connectivity index (χ3n) is 3.46. The van der Waals surface area contributed by atoms with Crippen molar-refractivity contribution in [2.24, 2.45) is 0 Å². The lowest BCUT2D eigenvalue weighted by Gasteiger charge is -2.24. The molecule has 0 spiro atoms. The summed E-state index contributed by atoms with van der Waals surface area (Å²) in [6, 6.07) is 5.16. The van der Waals surface area contributed by atoms with Crippen LogP contribution < -0.4 is 16.4 Å². The van der Waals surface area contributed by atoms with Crippen LogP contribution in [0.15, 0.2) is 18.2 Å². The zero-order valence-corrected chi connectivity index (χ0v) is 12.2. The van der Waals surface area contributed by atoms with Gasteiger partial charge in [-0.15, -0.1) is 0 Å². The molecular formula is C13H19N3O3S. The molecule has 0 aliphatic carbocycles. The van der Waals surface area contributed by atoms with Gasteiger partial charge in [0.15, 0.2) is 0 Å². The van der Waals surface area contributed by atoms with E-state index in [-0.39, 0.29) is 23.5 Å². The average molecular weight is 297 g/mol. The predicted molar refractivity (Wildman–Crippen MR) is 79.5 cm³/mol. The molecule has 4 N–H and O–H groups in total. The molecule has 0 bridgehead atoms. The van der Waals surface area contributed by atoms with Crippen molar-refractivity contribution in [3.05, 3.63) is 23.8 Å². The molecule has 6 nitrogen and oxygen atoms in total. The van der Waals surface area contributed by atoms with E-state index in [2.05, 4.69) is 10.6 Å². The molecule has 0 atom stereocenters. The fourth-order valence-corrected chi connectivity index (χ4v) is 3.73. The minimum atomic E-state index is -2.86. The van der Waals surface area contributed by atoms with Crippen molar-refractivity contribution in [3.63, 3.8) is 0 Å². The lowest BCUT2D eigenvalue weighted by atomic mass is 10.1. The maximum atomic E-state index is 11.5. The van der Waals surface area contributed by atoms with Crippen molar-refractivity contribution in [1.29, 1.82) is 0 Å². The van der Waals surface area contributed by atoms with Crippen LogP contribution >= 0.6 is 0 Å². The number of hydrogen-bond acceptors (Lipinski definition) is 5. The van der Waals surface area contributed by atoms with Gasteiger partial charge in [-0.1, -0.05) is 0 Å². The molecule has 1 aromatic rings. The van der Waals surface area contributed by atoms with Crippen LogP contribution in [0.3, 0.4) is 0 Å². The molecule has 0 unspecified atom stereocenters. The Morgan fingerprint density at radius 2 is 1.95 bits per heavy atom. The number of carbonyl (C=O) groups is 1. The van der Waals surface area contributed by atoms with Gasteiger partial charge in [-0.3, -0.25) is 4.79 Å². The van der Waals surface area contributed by atoms with Gasteiger partial charge in [0, 0.05) is 18.7 Å². The van der Waals surface area contributed by atoms with Crippen LogP contribution in [0.4, 0.5) is 11.4 Å². The second kappa shape index (κ2) is 5.70. The number of nitrogen functional groups attached to an aromatic ring is 1. The summed E-state index contributed by atoms with van der Waals surface area (Å²) in [5.41, 5.74) is 7.65. The highest BCUT2D eigenvalue weighted by molar-refractivity contribution is 7.91. The maximum Gasteiger partial charge on any atom is 0.251 e. The van der Waals surface area contributed by atoms with E-state index in [1.54, 1.807) is 25.2 Å². The van der Waals surface area contributed by atoms with E-state index in [9.17, 15) is 13.2 Å². The monoisotopic (exact) mass is 297 g/mol. The van der Waals surface area contributed by atoms with E-state index in [1.165, 1.54) is 0 Å². The minimum Gasteiger partial charge on any atom is -0.397 e. The summed E-state index contributed by atoms with van der Waals surface area (Å²) in [4.78, 5) is 11.5. The summed E-state index contributed by atoms with van der Waals surface area (Å²) in [7, 11) is -1.30. The summed E-state index contributed by atoms with van der Waals surface area (Å²) < 4.78 is 22.7. The molecular weight excluding hydrogens is 278 g/mol. The van der Waals surface area contributed by atoms with E-state index >= 15 is 0 Å². The Kier molecular flexibility index (Phi) is 4.17. The Bertz CT molecular complexity index is 599. The van der Waals surface area contributed by atoms with Gasteiger partial charge in [-0.25, -0.2) is 8.42 Å². The van der Waals surface area contributed by atoms with Crippen LogP contribution in [0.1, 0.15) is 23.2 Å². The molecule has 1 amide bonds. The highest BCUT2D eigenvalue weighted by Gasteiger charge is 2.23. The summed E-state index contributed by atoms with van der Waals surface area (Å²) in [6.45, 7) is 0. The number of carbonyl (C=O) groups excluding carboxylic acids is 1. The molecule has 1 heterocycles. The highest BCUT2D eigenvalue weighted by atomic mass is 32.2. The summed E-state index contributed by atoms with van der Waals surface area (Å²) >= 11 is 0. The standard InChI is InChI=1S/C13H19N3O3S/c1-15-13(17)9-2-3-12(11(14)8-9)16-10-4-6-20(18,19)7-5-10/h2-3,8,10,16H,4-7,14H2,1H3,(H,15,17). The van der Waals surface area contributed by atoms with Crippen LogP contribution in [0.25, 0.3) is 0 Å². The number of nitrogens with two attached hydrogens (primary N) is 1. The number of nitrogens with one attached hydrogen (secondary N) is 2. The summed E-state index contributed by atoms with van der Waals surface area (Å²) in [5, 5.41) is 5.79. The first-order valence-corrected chi connectivity index (χ1v) is 8.32. The largest absolute Gasteiger partial charge is 0.397 e. The fourth-order valence-electron chi connectivity index (χ4n) is 2.23. The lowest BCUT2D eigenvalue weighted by molar-refractivity contribution is 0.0963. The van der Waals surface area contributed by atoms with Crippen LogP contribution in [-0.4, -0.2) is 38.9 Å². The number of sulfone groups is 1. The van der Waals surface area contributed by atoms with Crippen molar-refractivity contribution < 1.29 is 13.2 Å². The van der Waals surface area contributed by atoms with E-state index in [1.807, 2.05) is 0 Å². The number of rotatable bonds is 3. The van der Waals surface area contributed by atoms with Gasteiger partial charge in [0.05, 0.1) is 22.9 Å². The molecule has 0 radical (unpaired) electrons. The van der Waals surface area contributed by atoms with Gasteiger partial charge in [-0.2, -0.15) is 0 Å². The first kappa shape index (κ1) is 14.6. The molecule has 1 saturated heterocycles. The molecule has 1 aromatic carbocycles. The topological polar surface area (TPSA) is 101 Å². The molecule has 0 aromatic heterocycles. The van der Waals surface area contributed by atoms with Crippen LogP contribution in [0, 0.1) is 0 Å². The first-order chi connectivity index (χ1) is 9.41. The number of anilines is 2. The third kappa shape index (κ3) is 3.41. The Morgan fingerprint density at radius 1 is 1.30 bits per heavy atom. The van der Waals surface area contributed by atoms with Gasteiger partial charge in [0.25, 0.3) is 5.91 Å². The predicted octanol–water partition coefficient (Wildman–Crippen LogP) is 0.618. The average Bonchev–Trinajstić information content (AvgIpc) is 2.42. The second-order valence-electron chi connectivity index (χ2n) is 4.95. The number of benzene rings is 1. The SMILES string of the molecule is CNC(=O)c1ccc(NC2CCS(=O)(=O)CC2)c(N)c1. The number of hydrogen-bond donors (Lipinski definition) is 3. The van der Waals surface area contributed by atoms with Crippen LogP contribution in [0.2, 0.25) is 0 Å². The van der Waals surface area contributed by atoms with Gasteiger partial charge in [0.1, 0.15) is 9.84 Å². The van der Waals surface area contributed by atoms with Gasteiger partial charge in [-0.05, 0) is 31.0 Å². The molecule has 1 aliphatic rings. The van der Waals surface area contributed by atoms with E-state index in [0.717, 1.165) is 5.69 Å². The van der Waals surface area contributed by atoms with E-state index in [4.69, 9.17) is 5.73 Å². The normalized spacial score (nSPS) is 18.4. The molecule has 1 fully saturated rings. The van der Waals surface area contributed by atoms with Crippen LogP contribution in [0.5, 0.6) is 0 Å². The molecule has 0 saturated carbocycles. The Labute approximate surface area is 118 Å². The van der Waals surface area contributed by atoms with Crippen molar-refractivity contribution in [2.45, 2.75) is 18.9 Å². The summed E-state index contributed by atoms with van der Waals surface area (Å²) in [6.07, 6.45) is 1.16. The fraction of sp³-hybridized carbons (Fsp3) is 0.462. The lowest BCUT2D eigenvalue weighted by Crippen LogP contribution is -2.32. The van der Waals surface area contributed by atoms with Crippen molar-refractivity contribution >= 4 is 27.1 Å². The highest BCUT2D eigenvalue weighted by Crippen LogP contribution is 2.24. The van der Waals surface area contributed by atoms with Crippen LogP contribution in [-0.2, 0) is 9.84 Å². The summed E-state index contributed by atoms with van der Waals surface area (Å²) in [5.74, 6) is 0.230. The Hall–Kier alpha value is -1.76. The van der Waals surface area contributed by atoms with Crippen molar-refractivity contribution in [3.8, 4) is 0 Å². The zero-order valence-electron chi connectivity index (χ0n) is 11.3. The molecule has 110 valence electrons. The smallest absolute Gasteiger partial charge is 0.251 e. The maximum absolute atomic E-state index is 11.5. The molecule has 20 heavy (non-hydrogen) atoms. The van der Waals surface area contributed by atoms with Gasteiger partial charge >= 0.3 is 0 Å². The Balaban J connectivity index is 2.05. The Morgan fingerprint density at radius 3 is 2.50 bits per heavy atom. The molecule has 2 rings (SSSR count). The first-order valence-electron chi connectivity index (χ1n) is 6.50. The van der Waals surface area contributed by atoms with E-state index < -0.39 is 9.84 Å². The van der Waals surface area contributed by atoms with Crippen molar-refractivity contribution in [2.75, 3.05) is 29.6 Å². The van der Waals surface area contributed by atoms with Gasteiger partial charge in [0.2, 0.25) is 0 Å². The number of amides is 1.